The van der Waals surface area contributed by atoms with Gasteiger partial charge in [-0.15, -0.1) is 0 Å². The molecule has 1 aliphatic rings. The lowest BCUT2D eigenvalue weighted by molar-refractivity contribution is 0.102. The summed E-state index contributed by atoms with van der Waals surface area (Å²) in [4.78, 5) is 12.5. The largest absolute Gasteiger partial charge is 0.494 e. The molecule has 1 atom stereocenters. The zero-order valence-electron chi connectivity index (χ0n) is 12.8. The van der Waals surface area contributed by atoms with Crippen LogP contribution in [0.2, 0.25) is 10.0 Å². The molecule has 0 saturated heterocycles. The summed E-state index contributed by atoms with van der Waals surface area (Å²) in [6.45, 7) is 2.11. The Morgan fingerprint density at radius 3 is 2.61 bits per heavy atom. The number of halogens is 2. The van der Waals surface area contributed by atoms with E-state index in [0.29, 0.717) is 33.1 Å². The summed E-state index contributed by atoms with van der Waals surface area (Å²) < 4.78 is 6.94. The highest BCUT2D eigenvalue weighted by atomic mass is 35.5. The van der Waals surface area contributed by atoms with Crippen LogP contribution in [0, 0.1) is 5.92 Å². The van der Waals surface area contributed by atoms with Crippen LogP contribution in [0.1, 0.15) is 36.2 Å². The number of carbonyl (C=O) groups is 1. The quantitative estimate of drug-likeness (QED) is 0.865. The Hall–Kier alpha value is -1.72. The Morgan fingerprint density at radius 2 is 2.04 bits per heavy atom. The lowest BCUT2D eigenvalue weighted by Crippen LogP contribution is -2.18. The highest BCUT2D eigenvalue weighted by Gasteiger charge is 2.30. The van der Waals surface area contributed by atoms with E-state index in [1.807, 2.05) is 4.68 Å². The Bertz CT molecular complexity index is 718. The molecule has 2 aromatic rings. The summed E-state index contributed by atoms with van der Waals surface area (Å²) >= 11 is 12.2. The molecular weight excluding hydrogens is 337 g/mol. The van der Waals surface area contributed by atoms with E-state index >= 15 is 0 Å². The molecule has 1 aliphatic carbocycles. The fraction of sp³-hybridized carbons (Fsp3) is 0.375. The summed E-state index contributed by atoms with van der Waals surface area (Å²) in [6, 6.07) is 5.12. The molecule has 1 fully saturated rings. The van der Waals surface area contributed by atoms with Gasteiger partial charge in [0.15, 0.2) is 5.75 Å². The van der Waals surface area contributed by atoms with Gasteiger partial charge in [0.25, 0.3) is 5.91 Å². The Kier molecular flexibility index (Phi) is 4.50. The van der Waals surface area contributed by atoms with Crippen molar-refractivity contribution >= 4 is 34.9 Å². The second-order valence-corrected chi connectivity index (χ2v) is 6.48. The monoisotopic (exact) mass is 353 g/mol. The molecule has 0 spiro atoms. The van der Waals surface area contributed by atoms with Crippen molar-refractivity contribution in [1.29, 1.82) is 0 Å². The number of nitrogens with one attached hydrogen (secondary N) is 1. The highest BCUT2D eigenvalue weighted by Crippen LogP contribution is 2.40. The van der Waals surface area contributed by atoms with Gasteiger partial charge >= 0.3 is 0 Å². The number of hydrogen-bond acceptors (Lipinski definition) is 3. The summed E-state index contributed by atoms with van der Waals surface area (Å²) in [5.41, 5.74) is 0.368. The van der Waals surface area contributed by atoms with Crippen LogP contribution in [0.25, 0.3) is 0 Å². The fourth-order valence-electron chi connectivity index (χ4n) is 2.59. The van der Waals surface area contributed by atoms with E-state index in [4.69, 9.17) is 27.9 Å². The van der Waals surface area contributed by atoms with Crippen molar-refractivity contribution in [2.24, 2.45) is 5.92 Å². The van der Waals surface area contributed by atoms with Crippen LogP contribution >= 0.6 is 23.2 Å². The normalized spacial score (nSPS) is 15.3. The maximum Gasteiger partial charge on any atom is 0.256 e. The van der Waals surface area contributed by atoms with Gasteiger partial charge in [0.05, 0.1) is 29.4 Å². The van der Waals surface area contributed by atoms with Gasteiger partial charge < -0.3 is 10.1 Å². The van der Waals surface area contributed by atoms with Crippen LogP contribution in [0.4, 0.5) is 5.82 Å². The smallest absolute Gasteiger partial charge is 0.256 e. The van der Waals surface area contributed by atoms with Gasteiger partial charge in [0.1, 0.15) is 5.82 Å². The first-order valence-electron chi connectivity index (χ1n) is 7.39. The molecule has 1 aromatic heterocycles. The van der Waals surface area contributed by atoms with Crippen LogP contribution < -0.4 is 10.1 Å². The minimum Gasteiger partial charge on any atom is -0.494 e. The van der Waals surface area contributed by atoms with Gasteiger partial charge in [-0.25, -0.2) is 4.68 Å². The molecule has 0 bridgehead atoms. The van der Waals surface area contributed by atoms with E-state index in [0.717, 1.165) is 0 Å². The molecule has 1 aromatic carbocycles. The van der Waals surface area contributed by atoms with Gasteiger partial charge in [0, 0.05) is 11.6 Å². The van der Waals surface area contributed by atoms with E-state index in [2.05, 4.69) is 17.3 Å². The third kappa shape index (κ3) is 3.31. The van der Waals surface area contributed by atoms with Crippen molar-refractivity contribution in [3.63, 3.8) is 0 Å². The fourth-order valence-corrected chi connectivity index (χ4v) is 3.23. The lowest BCUT2D eigenvalue weighted by atomic mass is 10.2. The Labute approximate surface area is 144 Å². The summed E-state index contributed by atoms with van der Waals surface area (Å²) in [6.07, 6.45) is 4.10. The first-order valence-corrected chi connectivity index (χ1v) is 8.14. The minimum atomic E-state index is -0.291. The molecule has 1 amide bonds. The predicted molar refractivity (Wildman–Crippen MR) is 90.6 cm³/mol. The topological polar surface area (TPSA) is 56.1 Å². The number of ether oxygens (including phenoxy) is 1. The number of rotatable bonds is 5. The average Bonchev–Trinajstić information content (AvgIpc) is 3.26. The molecule has 0 aliphatic heterocycles. The Morgan fingerprint density at radius 1 is 1.39 bits per heavy atom. The second-order valence-electron chi connectivity index (χ2n) is 5.67. The van der Waals surface area contributed by atoms with Crippen molar-refractivity contribution in [3.05, 3.63) is 40.0 Å². The number of benzene rings is 1. The van der Waals surface area contributed by atoms with Gasteiger partial charge in [0.2, 0.25) is 0 Å². The molecule has 122 valence electrons. The van der Waals surface area contributed by atoms with Crippen LogP contribution in [-0.4, -0.2) is 22.8 Å². The van der Waals surface area contributed by atoms with Crippen molar-refractivity contribution in [2.75, 3.05) is 12.4 Å². The third-order valence-corrected chi connectivity index (χ3v) is 4.63. The molecule has 5 nitrogen and oxygen atoms in total. The van der Waals surface area contributed by atoms with Gasteiger partial charge in [-0.3, -0.25) is 4.79 Å². The van der Waals surface area contributed by atoms with E-state index in [1.54, 1.807) is 12.3 Å². The average molecular weight is 354 g/mol. The first kappa shape index (κ1) is 16.1. The van der Waals surface area contributed by atoms with Crippen LogP contribution in [0.5, 0.6) is 5.75 Å². The summed E-state index contributed by atoms with van der Waals surface area (Å²) in [7, 11) is 1.48. The summed E-state index contributed by atoms with van der Waals surface area (Å²) in [5.74, 6) is 1.37. The number of anilines is 1. The maximum atomic E-state index is 12.5. The molecule has 1 saturated carbocycles. The van der Waals surface area contributed by atoms with E-state index < -0.39 is 0 Å². The third-order valence-electron chi connectivity index (χ3n) is 4.07. The summed E-state index contributed by atoms with van der Waals surface area (Å²) in [5, 5.41) is 7.77. The molecule has 1 N–H and O–H groups in total. The molecule has 23 heavy (non-hydrogen) atoms. The molecule has 1 unspecified atom stereocenters. The zero-order valence-corrected chi connectivity index (χ0v) is 14.4. The van der Waals surface area contributed by atoms with E-state index in [-0.39, 0.29) is 11.9 Å². The highest BCUT2D eigenvalue weighted by molar-refractivity contribution is 6.37. The molecular formula is C16H17Cl2N3O2. The number of amides is 1. The van der Waals surface area contributed by atoms with Crippen molar-refractivity contribution in [2.45, 2.75) is 25.8 Å². The zero-order chi connectivity index (χ0) is 16.6. The van der Waals surface area contributed by atoms with Crippen LogP contribution in [0.15, 0.2) is 24.4 Å². The number of hydrogen-bond donors (Lipinski definition) is 1. The number of carbonyl (C=O) groups excluding carboxylic acids is 1. The van der Waals surface area contributed by atoms with Crippen molar-refractivity contribution < 1.29 is 9.53 Å². The standard InChI is InChI=1S/C16H17Cl2N3O2/c1-9(10-3-4-10)21-14(5-6-19-21)20-16(22)11-7-12(17)15(23-2)13(18)8-11/h5-10H,3-4H2,1-2H3,(H,20,22). The van der Waals surface area contributed by atoms with E-state index in [1.165, 1.54) is 32.1 Å². The first-order chi connectivity index (χ1) is 11.0. The van der Waals surface area contributed by atoms with Crippen LogP contribution in [-0.2, 0) is 0 Å². The second kappa shape index (κ2) is 6.42. The molecule has 7 heteroatoms. The molecule has 0 radical (unpaired) electrons. The number of methoxy groups -OCH3 is 1. The SMILES string of the molecule is COc1c(Cl)cc(C(=O)Nc2ccnn2C(C)C2CC2)cc1Cl. The van der Waals surface area contributed by atoms with Gasteiger partial charge in [-0.1, -0.05) is 23.2 Å². The number of nitrogens with zero attached hydrogens (tertiary/aromatic N) is 2. The van der Waals surface area contributed by atoms with Crippen LogP contribution in [0.3, 0.4) is 0 Å². The van der Waals surface area contributed by atoms with Crippen molar-refractivity contribution in [3.8, 4) is 5.75 Å². The Balaban J connectivity index is 1.81. The molecule has 3 rings (SSSR count). The maximum absolute atomic E-state index is 12.5. The lowest BCUT2D eigenvalue weighted by Gasteiger charge is -2.15. The minimum absolute atomic E-state index is 0.267. The predicted octanol–water partition coefficient (Wildman–Crippen LogP) is 4.42. The van der Waals surface area contributed by atoms with Gasteiger partial charge in [-0.05, 0) is 37.8 Å². The van der Waals surface area contributed by atoms with Gasteiger partial charge in [-0.2, -0.15) is 5.10 Å². The number of aromatic nitrogens is 2. The van der Waals surface area contributed by atoms with Crippen molar-refractivity contribution in [1.82, 2.24) is 9.78 Å². The van der Waals surface area contributed by atoms with E-state index in [9.17, 15) is 4.79 Å². The molecule has 1 heterocycles.